The van der Waals surface area contributed by atoms with Crippen LogP contribution in [0.25, 0.3) is 0 Å². The lowest BCUT2D eigenvalue weighted by Gasteiger charge is -2.39. The third-order valence-electron chi connectivity index (χ3n) is 5.76. The van der Waals surface area contributed by atoms with Crippen molar-refractivity contribution < 1.29 is 33.5 Å². The van der Waals surface area contributed by atoms with Crippen molar-refractivity contribution in [1.29, 1.82) is 0 Å². The van der Waals surface area contributed by atoms with Crippen LogP contribution in [-0.4, -0.2) is 65.6 Å². The zero-order valence-corrected chi connectivity index (χ0v) is 12.4. The van der Waals surface area contributed by atoms with E-state index in [9.17, 15) is 14.4 Å². The number of ketones is 1. The SMILES string of the molecule is COC(=O)C12C(=O)C3(C(=O)OC)C4CC1C1C=CC4ON3N2O1. The molecule has 2 aliphatic carbocycles. The second-order valence-electron chi connectivity index (χ2n) is 6.36. The van der Waals surface area contributed by atoms with E-state index in [-0.39, 0.29) is 0 Å². The summed E-state index contributed by atoms with van der Waals surface area (Å²) in [6.45, 7) is 0. The second kappa shape index (κ2) is 3.81. The third kappa shape index (κ3) is 1.07. The molecule has 3 heterocycles. The standard InChI is InChI=1S/C14H14N2O7/c1-20-11(18)13-6-5-7-9-4-3-8(6)22-15(13)16(23-9)14(7,10(13)17)12(19)21-2/h3-4,6-9H,5H2,1-2H3. The van der Waals surface area contributed by atoms with Crippen LogP contribution >= 0.6 is 0 Å². The Balaban J connectivity index is 1.83. The summed E-state index contributed by atoms with van der Waals surface area (Å²) in [6.07, 6.45) is 3.12. The van der Waals surface area contributed by atoms with E-state index >= 15 is 0 Å². The normalized spacial score (nSPS) is 49.0. The molecule has 5 rings (SSSR count). The fourth-order valence-electron chi connectivity index (χ4n) is 4.87. The number of ether oxygens (including phenoxy) is 2. The van der Waals surface area contributed by atoms with E-state index in [1.807, 2.05) is 0 Å². The molecule has 0 aromatic heterocycles. The van der Waals surface area contributed by atoms with Gasteiger partial charge in [0.2, 0.25) is 16.9 Å². The minimum atomic E-state index is -1.70. The van der Waals surface area contributed by atoms with Crippen molar-refractivity contribution in [3.8, 4) is 0 Å². The molecule has 1 saturated carbocycles. The van der Waals surface area contributed by atoms with Crippen LogP contribution in [0.15, 0.2) is 12.2 Å². The van der Waals surface area contributed by atoms with Gasteiger partial charge in [0, 0.05) is 11.8 Å². The Morgan fingerprint density at radius 3 is 1.87 bits per heavy atom. The molecule has 9 heteroatoms. The number of rotatable bonds is 2. The fraction of sp³-hybridized carbons (Fsp3) is 0.643. The van der Waals surface area contributed by atoms with Crippen LogP contribution < -0.4 is 0 Å². The number of hydrazine groups is 1. The van der Waals surface area contributed by atoms with Gasteiger partial charge in [-0.15, -0.1) is 0 Å². The number of hydrogen-bond acceptors (Lipinski definition) is 9. The largest absolute Gasteiger partial charge is 0.467 e. The fourth-order valence-corrected chi connectivity index (χ4v) is 4.87. The summed E-state index contributed by atoms with van der Waals surface area (Å²) >= 11 is 0. The van der Waals surface area contributed by atoms with Gasteiger partial charge in [0.25, 0.3) is 0 Å². The third-order valence-corrected chi connectivity index (χ3v) is 5.76. The Hall–Kier alpha value is -1.81. The summed E-state index contributed by atoms with van der Waals surface area (Å²) in [5.74, 6) is -2.94. The Morgan fingerprint density at radius 2 is 1.48 bits per heavy atom. The van der Waals surface area contributed by atoms with Crippen molar-refractivity contribution in [2.75, 3.05) is 14.2 Å². The summed E-state index contributed by atoms with van der Waals surface area (Å²) in [7, 11) is 2.42. The highest BCUT2D eigenvalue weighted by molar-refractivity contribution is 6.24. The zero-order valence-electron chi connectivity index (χ0n) is 12.4. The van der Waals surface area contributed by atoms with Gasteiger partial charge < -0.3 is 9.47 Å². The van der Waals surface area contributed by atoms with Crippen LogP contribution in [0.1, 0.15) is 6.42 Å². The van der Waals surface area contributed by atoms with E-state index in [2.05, 4.69) is 0 Å². The number of esters is 2. The average Bonchev–Trinajstić information content (AvgIpc) is 3.07. The van der Waals surface area contributed by atoms with Gasteiger partial charge in [0.1, 0.15) is 12.2 Å². The molecule has 3 aliphatic heterocycles. The van der Waals surface area contributed by atoms with Gasteiger partial charge in [-0.1, -0.05) is 22.5 Å². The maximum Gasteiger partial charge on any atom is 0.338 e. The summed E-state index contributed by atoms with van der Waals surface area (Å²) in [5.41, 5.74) is -3.41. The number of hydrogen-bond donors (Lipinski definition) is 0. The number of methoxy groups -OCH3 is 2. The number of Topliss-reactive ketones (excluding diaryl/α,β-unsaturated/α-hetero) is 1. The first-order chi connectivity index (χ1) is 11.0. The highest BCUT2D eigenvalue weighted by Crippen LogP contribution is 2.64. The van der Waals surface area contributed by atoms with E-state index in [4.69, 9.17) is 19.1 Å². The Labute approximate surface area is 130 Å². The quantitative estimate of drug-likeness (QED) is 0.351. The van der Waals surface area contributed by atoms with E-state index in [1.165, 1.54) is 14.2 Å². The Morgan fingerprint density at radius 1 is 1.04 bits per heavy atom. The smallest absolute Gasteiger partial charge is 0.338 e. The molecule has 9 nitrogen and oxygen atoms in total. The van der Waals surface area contributed by atoms with Crippen molar-refractivity contribution in [3.63, 3.8) is 0 Å². The van der Waals surface area contributed by atoms with Crippen molar-refractivity contribution in [1.82, 2.24) is 10.3 Å². The molecule has 23 heavy (non-hydrogen) atoms. The predicted molar refractivity (Wildman–Crippen MR) is 68.7 cm³/mol. The van der Waals surface area contributed by atoms with Crippen LogP contribution in [0.3, 0.4) is 0 Å². The molecule has 122 valence electrons. The first kappa shape index (κ1) is 13.6. The lowest BCUT2D eigenvalue weighted by molar-refractivity contribution is -0.399. The number of fused-ring (bicyclic) bond motifs is 1. The van der Waals surface area contributed by atoms with E-state index in [1.54, 1.807) is 12.2 Å². The van der Waals surface area contributed by atoms with Crippen molar-refractivity contribution >= 4 is 17.7 Å². The highest BCUT2D eigenvalue weighted by atomic mass is 16.9. The molecule has 0 radical (unpaired) electrons. The van der Waals surface area contributed by atoms with Crippen LogP contribution in [0.4, 0.5) is 0 Å². The number of hydroxylamine groups is 2. The van der Waals surface area contributed by atoms with Gasteiger partial charge in [-0.05, 0) is 6.42 Å². The highest BCUT2D eigenvalue weighted by Gasteiger charge is 2.89. The summed E-state index contributed by atoms with van der Waals surface area (Å²) in [6, 6.07) is 0. The minimum Gasteiger partial charge on any atom is -0.467 e. The Kier molecular flexibility index (Phi) is 2.25. The van der Waals surface area contributed by atoms with Crippen LogP contribution in [0.5, 0.6) is 0 Å². The lowest BCUT2D eigenvalue weighted by Crippen LogP contribution is -2.66. The van der Waals surface area contributed by atoms with Crippen molar-refractivity contribution in [2.45, 2.75) is 29.7 Å². The summed E-state index contributed by atoms with van der Waals surface area (Å²) in [4.78, 5) is 50.1. The molecule has 0 amide bonds. The Bertz CT molecular complexity index is 639. The van der Waals surface area contributed by atoms with Crippen molar-refractivity contribution in [3.05, 3.63) is 12.2 Å². The minimum absolute atomic E-state index is 0.422. The van der Waals surface area contributed by atoms with Gasteiger partial charge in [-0.3, -0.25) is 14.5 Å². The predicted octanol–water partition coefficient (Wildman–Crippen LogP) is -1.25. The number of carbonyl (C=O) groups excluding carboxylic acids is 3. The lowest BCUT2D eigenvalue weighted by atomic mass is 9.60. The van der Waals surface area contributed by atoms with Gasteiger partial charge in [-0.2, -0.15) is 0 Å². The second-order valence-corrected chi connectivity index (χ2v) is 6.36. The molecule has 0 aromatic carbocycles. The number of carbonyl (C=O) groups is 3. The van der Waals surface area contributed by atoms with Crippen LogP contribution in [-0.2, 0) is 33.5 Å². The van der Waals surface area contributed by atoms with Crippen LogP contribution in [0, 0.1) is 11.8 Å². The van der Waals surface area contributed by atoms with Crippen LogP contribution in [0.2, 0.25) is 0 Å². The average molecular weight is 322 g/mol. The molecule has 0 aromatic rings. The molecule has 0 N–H and O–H groups in total. The van der Waals surface area contributed by atoms with Gasteiger partial charge in [-0.25, -0.2) is 9.59 Å². The first-order valence-corrected chi connectivity index (χ1v) is 7.38. The molecular weight excluding hydrogens is 308 g/mol. The van der Waals surface area contributed by atoms with Gasteiger partial charge in [0.05, 0.1) is 14.2 Å². The summed E-state index contributed by atoms with van der Waals surface area (Å²) in [5, 5.41) is 2.22. The van der Waals surface area contributed by atoms with Gasteiger partial charge in [0.15, 0.2) is 0 Å². The molecule has 6 atom stereocenters. The summed E-state index contributed by atoms with van der Waals surface area (Å²) < 4.78 is 9.79. The number of nitrogens with zero attached hydrogens (tertiary/aromatic N) is 2. The van der Waals surface area contributed by atoms with E-state index < -0.39 is 52.8 Å². The molecule has 4 bridgehead atoms. The van der Waals surface area contributed by atoms with E-state index in [0.717, 1.165) is 10.3 Å². The molecule has 0 spiro atoms. The maximum atomic E-state index is 13.4. The molecule has 6 unspecified atom stereocenters. The topological polar surface area (TPSA) is 94.6 Å². The van der Waals surface area contributed by atoms with Crippen molar-refractivity contribution in [2.24, 2.45) is 11.8 Å². The molecule has 4 fully saturated rings. The monoisotopic (exact) mass is 322 g/mol. The first-order valence-electron chi connectivity index (χ1n) is 7.38. The zero-order chi connectivity index (χ0) is 16.1. The van der Waals surface area contributed by atoms with E-state index in [0.29, 0.717) is 6.42 Å². The maximum absolute atomic E-state index is 13.4. The molecule has 5 aliphatic rings. The van der Waals surface area contributed by atoms with Gasteiger partial charge >= 0.3 is 11.9 Å². The molecule has 3 saturated heterocycles. The molecular formula is C14H14N2O7.